The normalized spacial score (nSPS) is 18.6. The van der Waals surface area contributed by atoms with E-state index in [1.54, 1.807) is 33.2 Å². The summed E-state index contributed by atoms with van der Waals surface area (Å²) in [5, 5.41) is 2.20. The van der Waals surface area contributed by atoms with Gasteiger partial charge in [-0.3, -0.25) is 14.7 Å². The van der Waals surface area contributed by atoms with E-state index in [9.17, 15) is 14.4 Å². The first-order valence-electron chi connectivity index (χ1n) is 13.3. The SMILES string of the molecule is CC(C)(C)OC(=O)N[C@@H]1C(=O)N2C(C(=O)OC(c3ccccc3)c3ccccc3)=C(/C=C/c3cccnc3)CS[C@H]12. The van der Waals surface area contributed by atoms with Crippen molar-refractivity contribution in [2.45, 2.75) is 43.9 Å². The van der Waals surface area contributed by atoms with Gasteiger partial charge in [0.1, 0.15) is 22.7 Å². The zero-order valence-corrected chi connectivity index (χ0v) is 23.8. The fraction of sp³-hybridized carbons (Fsp3) is 0.250. The van der Waals surface area contributed by atoms with Crippen molar-refractivity contribution in [1.82, 2.24) is 15.2 Å². The van der Waals surface area contributed by atoms with Gasteiger partial charge in [0.05, 0.1) is 0 Å². The lowest BCUT2D eigenvalue weighted by molar-refractivity contribution is -0.153. The molecule has 5 rings (SSSR count). The number of hydrogen-bond donors (Lipinski definition) is 1. The lowest BCUT2D eigenvalue weighted by atomic mass is 10.0. The molecular weight excluding hydrogens is 538 g/mol. The number of allylic oxidation sites excluding steroid dienone is 1. The summed E-state index contributed by atoms with van der Waals surface area (Å²) >= 11 is 1.46. The van der Waals surface area contributed by atoms with Crippen LogP contribution >= 0.6 is 11.8 Å². The second kappa shape index (κ2) is 12.0. The van der Waals surface area contributed by atoms with E-state index in [1.165, 1.54) is 16.7 Å². The van der Waals surface area contributed by atoms with E-state index < -0.39 is 41.1 Å². The molecule has 0 unspecified atom stereocenters. The Morgan fingerprint density at radius 3 is 2.24 bits per heavy atom. The number of thioether (sulfide) groups is 1. The molecule has 3 heterocycles. The van der Waals surface area contributed by atoms with Crippen molar-refractivity contribution in [1.29, 1.82) is 0 Å². The number of carbonyl (C=O) groups is 3. The number of ether oxygens (including phenoxy) is 2. The van der Waals surface area contributed by atoms with Crippen LogP contribution in [-0.4, -0.2) is 50.6 Å². The van der Waals surface area contributed by atoms with E-state index >= 15 is 0 Å². The second-order valence-corrected chi connectivity index (χ2v) is 11.7. The van der Waals surface area contributed by atoms with Gasteiger partial charge in [-0.25, -0.2) is 9.59 Å². The number of nitrogens with zero attached hydrogens (tertiary/aromatic N) is 2. The summed E-state index contributed by atoms with van der Waals surface area (Å²) in [5.74, 6) is -0.588. The van der Waals surface area contributed by atoms with Gasteiger partial charge in [-0.2, -0.15) is 0 Å². The summed E-state index contributed by atoms with van der Waals surface area (Å²) < 4.78 is 11.5. The minimum Gasteiger partial charge on any atom is -0.448 e. The van der Waals surface area contributed by atoms with Crippen LogP contribution in [-0.2, 0) is 19.1 Å². The van der Waals surface area contributed by atoms with Crippen LogP contribution in [0.5, 0.6) is 0 Å². The average Bonchev–Trinajstić information content (AvgIpc) is 2.97. The Morgan fingerprint density at radius 2 is 1.66 bits per heavy atom. The predicted octanol–water partition coefficient (Wildman–Crippen LogP) is 5.49. The molecule has 0 aliphatic carbocycles. The lowest BCUT2D eigenvalue weighted by Crippen LogP contribution is -2.70. The molecule has 2 atom stereocenters. The van der Waals surface area contributed by atoms with Gasteiger partial charge in [0.2, 0.25) is 0 Å². The number of rotatable bonds is 7. The molecule has 8 nitrogen and oxygen atoms in total. The quantitative estimate of drug-likeness (QED) is 0.297. The van der Waals surface area contributed by atoms with Gasteiger partial charge in [0.25, 0.3) is 5.91 Å². The van der Waals surface area contributed by atoms with Crippen LogP contribution in [0.15, 0.2) is 103 Å². The van der Waals surface area contributed by atoms with Crippen molar-refractivity contribution in [2.24, 2.45) is 0 Å². The molecule has 41 heavy (non-hydrogen) atoms. The molecular formula is C32H31N3O5S. The Balaban J connectivity index is 1.47. The van der Waals surface area contributed by atoms with Crippen LogP contribution in [0.2, 0.25) is 0 Å². The maximum Gasteiger partial charge on any atom is 0.408 e. The summed E-state index contributed by atoms with van der Waals surface area (Å²) in [4.78, 5) is 45.4. The molecule has 0 spiro atoms. The molecule has 9 heteroatoms. The number of β-lactam (4-membered cyclic amide) rings is 1. The lowest BCUT2D eigenvalue weighted by Gasteiger charge is -2.49. The van der Waals surface area contributed by atoms with Crippen molar-refractivity contribution < 1.29 is 23.9 Å². The highest BCUT2D eigenvalue weighted by atomic mass is 32.2. The zero-order valence-electron chi connectivity index (χ0n) is 23.0. The number of pyridine rings is 1. The first-order chi connectivity index (χ1) is 19.7. The Bertz CT molecular complexity index is 1430. The molecule has 210 valence electrons. The topological polar surface area (TPSA) is 97.8 Å². The number of hydrogen-bond acceptors (Lipinski definition) is 7. The van der Waals surface area contributed by atoms with Gasteiger partial charge in [-0.05, 0) is 49.1 Å². The number of carbonyl (C=O) groups excluding carboxylic acids is 3. The monoisotopic (exact) mass is 569 g/mol. The summed E-state index contributed by atoms with van der Waals surface area (Å²) in [6, 6.07) is 21.9. The maximum atomic E-state index is 14.0. The molecule has 2 aliphatic heterocycles. The first-order valence-corrected chi connectivity index (χ1v) is 14.3. The van der Waals surface area contributed by atoms with E-state index in [-0.39, 0.29) is 5.70 Å². The fourth-order valence-corrected chi connectivity index (χ4v) is 5.93. The first kappa shape index (κ1) is 28.2. The van der Waals surface area contributed by atoms with E-state index in [0.29, 0.717) is 11.3 Å². The van der Waals surface area contributed by atoms with Gasteiger partial charge in [0.15, 0.2) is 6.10 Å². The fourth-order valence-electron chi connectivity index (χ4n) is 4.61. The Labute approximate surface area is 243 Å². The molecule has 2 aliphatic rings. The summed E-state index contributed by atoms with van der Waals surface area (Å²) in [7, 11) is 0. The number of amides is 2. The molecule has 0 saturated carbocycles. The average molecular weight is 570 g/mol. The van der Waals surface area contributed by atoms with Gasteiger partial charge >= 0.3 is 12.1 Å². The van der Waals surface area contributed by atoms with Crippen molar-refractivity contribution in [3.05, 3.63) is 119 Å². The Kier molecular flexibility index (Phi) is 8.26. The Morgan fingerprint density at radius 1 is 1.00 bits per heavy atom. The van der Waals surface area contributed by atoms with E-state index in [0.717, 1.165) is 16.7 Å². The zero-order chi connectivity index (χ0) is 29.0. The summed E-state index contributed by atoms with van der Waals surface area (Å²) in [6.45, 7) is 5.26. The van der Waals surface area contributed by atoms with E-state index in [2.05, 4.69) is 10.3 Å². The largest absolute Gasteiger partial charge is 0.448 e. The highest BCUT2D eigenvalue weighted by Gasteiger charge is 2.54. The Hall–Kier alpha value is -4.37. The summed E-state index contributed by atoms with van der Waals surface area (Å²) in [6.07, 6.45) is 5.71. The number of fused-ring (bicyclic) bond motifs is 1. The second-order valence-electron chi connectivity index (χ2n) is 10.6. The van der Waals surface area contributed by atoms with Crippen LogP contribution in [0.3, 0.4) is 0 Å². The maximum absolute atomic E-state index is 14.0. The van der Waals surface area contributed by atoms with E-state index in [1.807, 2.05) is 84.9 Å². The number of nitrogens with one attached hydrogen (secondary N) is 1. The minimum atomic E-state index is -0.819. The van der Waals surface area contributed by atoms with Gasteiger partial charge in [0, 0.05) is 18.1 Å². The molecule has 3 aromatic rings. The molecule has 2 amide bonds. The highest BCUT2D eigenvalue weighted by Crippen LogP contribution is 2.42. The molecule has 0 bridgehead atoms. The van der Waals surface area contributed by atoms with Gasteiger partial charge in [-0.15, -0.1) is 11.8 Å². The molecule has 1 fully saturated rings. The third-order valence-corrected chi connectivity index (χ3v) is 7.76. The van der Waals surface area contributed by atoms with Crippen LogP contribution in [0.25, 0.3) is 6.08 Å². The predicted molar refractivity (Wildman–Crippen MR) is 157 cm³/mol. The van der Waals surface area contributed by atoms with Crippen molar-refractivity contribution in [2.75, 3.05) is 5.75 Å². The number of benzene rings is 2. The number of aromatic nitrogens is 1. The van der Waals surface area contributed by atoms with Crippen LogP contribution in [0, 0.1) is 0 Å². The van der Waals surface area contributed by atoms with Crippen LogP contribution < -0.4 is 5.32 Å². The highest BCUT2D eigenvalue weighted by molar-refractivity contribution is 8.00. The molecule has 2 aromatic carbocycles. The van der Waals surface area contributed by atoms with Gasteiger partial charge < -0.3 is 14.8 Å². The smallest absolute Gasteiger partial charge is 0.408 e. The molecule has 1 N–H and O–H groups in total. The summed E-state index contributed by atoms with van der Waals surface area (Å²) in [5.41, 5.74) is 2.56. The standard InChI is InChI=1S/C32H31N3O5S/c1-32(2,3)40-31(38)34-25-28(36)35-26(24(20-41-29(25)35)17-16-21-11-10-18-33-19-21)30(37)39-27(22-12-6-4-7-13-22)23-14-8-5-9-15-23/h4-19,25,27,29H,20H2,1-3H3,(H,34,38)/b17-16+/t25-,29-/m1/s1. The molecule has 1 aromatic heterocycles. The third-order valence-electron chi connectivity index (χ3n) is 6.45. The van der Waals surface area contributed by atoms with Crippen LogP contribution in [0.1, 0.15) is 43.6 Å². The van der Waals surface area contributed by atoms with Gasteiger partial charge in [-0.1, -0.05) is 78.9 Å². The molecule has 0 radical (unpaired) electrons. The molecule has 1 saturated heterocycles. The van der Waals surface area contributed by atoms with E-state index in [4.69, 9.17) is 9.47 Å². The minimum absolute atomic E-state index is 0.165. The number of esters is 1. The van der Waals surface area contributed by atoms with Crippen molar-refractivity contribution in [3.8, 4) is 0 Å². The third kappa shape index (κ3) is 6.52. The van der Waals surface area contributed by atoms with Crippen LogP contribution in [0.4, 0.5) is 4.79 Å². The number of alkyl carbamates (subject to hydrolysis) is 1. The van der Waals surface area contributed by atoms with Crippen molar-refractivity contribution >= 4 is 35.8 Å². The van der Waals surface area contributed by atoms with Crippen molar-refractivity contribution in [3.63, 3.8) is 0 Å².